The lowest BCUT2D eigenvalue weighted by molar-refractivity contribution is -0.574. The molecule has 2 heterocycles. The van der Waals surface area contributed by atoms with E-state index in [0.717, 1.165) is 22.2 Å². The summed E-state index contributed by atoms with van der Waals surface area (Å²) in [6, 6.07) is 25.6. The smallest absolute Gasteiger partial charge is 0.218 e. The average Bonchev–Trinajstić information content (AvgIpc) is 3.17. The zero-order valence-corrected chi connectivity index (χ0v) is 18.7. The number of fused-ring (bicyclic) bond motifs is 2. The molecule has 0 aliphatic carbocycles. The van der Waals surface area contributed by atoms with Gasteiger partial charge in [0.05, 0.1) is 0 Å². The molecule has 5 aromatic rings. The minimum absolute atomic E-state index is 0.00418. The molecule has 31 heavy (non-hydrogen) atoms. The van der Waals surface area contributed by atoms with E-state index in [1.54, 1.807) is 0 Å². The first kappa shape index (κ1) is 19.5. The summed E-state index contributed by atoms with van der Waals surface area (Å²) in [5.41, 5.74) is 8.88. The predicted octanol–water partition coefficient (Wildman–Crippen LogP) is 6.84. The topological polar surface area (TPSA) is 29.9 Å². The van der Waals surface area contributed by atoms with E-state index >= 15 is 0 Å². The van der Waals surface area contributed by atoms with Crippen LogP contribution in [0.25, 0.3) is 38.8 Å². The molecule has 0 saturated carbocycles. The van der Waals surface area contributed by atoms with E-state index in [1.807, 2.05) is 18.2 Å². The number of aromatic nitrogens is 2. The maximum atomic E-state index is 5.67. The van der Waals surface area contributed by atoms with Gasteiger partial charge in [-0.05, 0) is 48.2 Å². The Labute approximate surface area is 182 Å². The molecule has 0 aliphatic heterocycles. The molecule has 0 unspecified atom stereocenters. The van der Waals surface area contributed by atoms with E-state index < -0.39 is 0 Å². The van der Waals surface area contributed by atoms with E-state index in [-0.39, 0.29) is 5.41 Å². The Kier molecular flexibility index (Phi) is 4.44. The molecule has 0 aliphatic rings. The van der Waals surface area contributed by atoms with Crippen LogP contribution in [-0.2, 0) is 5.41 Å². The molecule has 0 atom stereocenters. The highest BCUT2D eigenvalue weighted by atomic mass is 16.5. The molecule has 0 amide bonds. The van der Waals surface area contributed by atoms with E-state index in [4.69, 9.17) is 4.52 Å². The summed E-state index contributed by atoms with van der Waals surface area (Å²) < 4.78 is 8.03. The molecular formula is C28H27N2O+. The molecule has 0 fully saturated rings. The van der Waals surface area contributed by atoms with Gasteiger partial charge in [-0.3, -0.25) is 0 Å². The molecule has 0 saturated heterocycles. The van der Waals surface area contributed by atoms with Gasteiger partial charge >= 0.3 is 0 Å². The number of rotatable bonds is 2. The van der Waals surface area contributed by atoms with Gasteiger partial charge in [-0.2, -0.15) is 4.57 Å². The normalized spacial score (nSPS) is 12.0. The monoisotopic (exact) mass is 407 g/mol. The van der Waals surface area contributed by atoms with E-state index in [2.05, 4.69) is 98.9 Å². The summed E-state index contributed by atoms with van der Waals surface area (Å²) in [5.74, 6) is 0. The summed E-state index contributed by atoms with van der Waals surface area (Å²) in [6.45, 7) is 11.1. The fourth-order valence-electron chi connectivity index (χ4n) is 4.32. The maximum absolute atomic E-state index is 5.67. The zero-order valence-electron chi connectivity index (χ0n) is 18.7. The first-order valence-corrected chi connectivity index (χ1v) is 10.8. The molecule has 3 heteroatoms. The lowest BCUT2D eigenvalue weighted by atomic mass is 9.83. The highest BCUT2D eigenvalue weighted by molar-refractivity contribution is 5.93. The first-order valence-electron chi connectivity index (χ1n) is 10.8. The van der Waals surface area contributed by atoms with Crippen molar-refractivity contribution < 1.29 is 9.09 Å². The minimum atomic E-state index is -0.00418. The van der Waals surface area contributed by atoms with Crippen LogP contribution in [0.1, 0.15) is 37.6 Å². The molecular weight excluding hydrogens is 380 g/mol. The van der Waals surface area contributed by atoms with Crippen LogP contribution in [-0.4, -0.2) is 5.16 Å². The number of para-hydroxylation sites is 2. The van der Waals surface area contributed by atoms with Crippen molar-refractivity contribution in [3.8, 4) is 16.9 Å². The SMILES string of the molecule is Cc1c(-c2noc3ccccc23)cc(C(C)(C)C)cc1-[n+]1c(C)ccc2ccccc21. The van der Waals surface area contributed by atoms with Gasteiger partial charge in [0.15, 0.2) is 11.3 Å². The van der Waals surface area contributed by atoms with Crippen LogP contribution in [0.2, 0.25) is 0 Å². The van der Waals surface area contributed by atoms with E-state index in [9.17, 15) is 0 Å². The van der Waals surface area contributed by atoms with Crippen LogP contribution in [0.5, 0.6) is 0 Å². The lowest BCUT2D eigenvalue weighted by Gasteiger charge is -2.21. The summed E-state index contributed by atoms with van der Waals surface area (Å²) in [6.07, 6.45) is 0. The molecule has 0 bridgehead atoms. The third-order valence-corrected chi connectivity index (χ3v) is 6.15. The number of benzene rings is 3. The molecule has 3 nitrogen and oxygen atoms in total. The van der Waals surface area contributed by atoms with Crippen molar-refractivity contribution in [2.45, 2.75) is 40.0 Å². The van der Waals surface area contributed by atoms with Gasteiger partial charge in [0, 0.05) is 47.0 Å². The quantitative estimate of drug-likeness (QED) is 0.300. The summed E-state index contributed by atoms with van der Waals surface area (Å²) in [5, 5.41) is 6.75. The number of hydrogen-bond donors (Lipinski definition) is 0. The van der Waals surface area contributed by atoms with Crippen molar-refractivity contribution in [3.05, 3.63) is 89.6 Å². The maximum Gasteiger partial charge on any atom is 0.218 e. The second-order valence-electron chi connectivity index (χ2n) is 9.31. The zero-order chi connectivity index (χ0) is 21.8. The van der Waals surface area contributed by atoms with Crippen molar-refractivity contribution in [2.75, 3.05) is 0 Å². The Morgan fingerprint density at radius 2 is 1.58 bits per heavy atom. The molecule has 5 rings (SSSR count). The highest BCUT2D eigenvalue weighted by Gasteiger charge is 2.26. The molecule has 154 valence electrons. The molecule has 0 radical (unpaired) electrons. The van der Waals surface area contributed by atoms with Crippen molar-refractivity contribution in [1.29, 1.82) is 0 Å². The second kappa shape index (κ2) is 7.05. The van der Waals surface area contributed by atoms with Gasteiger partial charge < -0.3 is 4.52 Å². The summed E-state index contributed by atoms with van der Waals surface area (Å²) in [7, 11) is 0. The number of pyridine rings is 1. The van der Waals surface area contributed by atoms with Crippen molar-refractivity contribution >= 4 is 21.9 Å². The first-order chi connectivity index (χ1) is 14.8. The fraction of sp³-hybridized carbons (Fsp3) is 0.214. The summed E-state index contributed by atoms with van der Waals surface area (Å²) in [4.78, 5) is 0. The Morgan fingerprint density at radius 3 is 2.39 bits per heavy atom. The second-order valence-corrected chi connectivity index (χ2v) is 9.31. The van der Waals surface area contributed by atoms with Crippen molar-refractivity contribution in [1.82, 2.24) is 5.16 Å². The third kappa shape index (κ3) is 3.21. The van der Waals surface area contributed by atoms with Gasteiger partial charge in [0.25, 0.3) is 0 Å². The Bertz CT molecular complexity index is 1440. The Morgan fingerprint density at radius 1 is 0.839 bits per heavy atom. The molecule has 0 N–H and O–H groups in total. The van der Waals surface area contributed by atoms with Crippen LogP contribution in [0.15, 0.2) is 77.3 Å². The number of nitrogens with zero attached hydrogens (tertiary/aromatic N) is 2. The van der Waals surface area contributed by atoms with Crippen molar-refractivity contribution in [2.24, 2.45) is 0 Å². The predicted molar refractivity (Wildman–Crippen MR) is 127 cm³/mol. The van der Waals surface area contributed by atoms with Gasteiger partial charge in [-0.1, -0.05) is 50.2 Å². The largest absolute Gasteiger partial charge is 0.356 e. The van der Waals surface area contributed by atoms with Crippen LogP contribution in [0.3, 0.4) is 0 Å². The highest BCUT2D eigenvalue weighted by Crippen LogP contribution is 2.36. The lowest BCUT2D eigenvalue weighted by Crippen LogP contribution is -2.36. The Balaban J connectivity index is 1.88. The van der Waals surface area contributed by atoms with Crippen LogP contribution >= 0.6 is 0 Å². The van der Waals surface area contributed by atoms with Gasteiger partial charge in [-0.25, -0.2) is 0 Å². The molecule has 2 aromatic heterocycles. The number of hydrogen-bond acceptors (Lipinski definition) is 2. The van der Waals surface area contributed by atoms with Crippen molar-refractivity contribution in [3.63, 3.8) is 0 Å². The molecule has 3 aromatic carbocycles. The Hall–Kier alpha value is -3.46. The fourth-order valence-corrected chi connectivity index (χ4v) is 4.32. The van der Waals surface area contributed by atoms with Crippen LogP contribution in [0, 0.1) is 13.8 Å². The van der Waals surface area contributed by atoms with Gasteiger partial charge in [0.1, 0.15) is 5.69 Å². The minimum Gasteiger partial charge on any atom is -0.356 e. The van der Waals surface area contributed by atoms with Crippen LogP contribution in [0.4, 0.5) is 0 Å². The summed E-state index contributed by atoms with van der Waals surface area (Å²) >= 11 is 0. The average molecular weight is 408 g/mol. The standard InChI is InChI=1S/C28H27N2O/c1-18-14-15-20-10-6-8-12-24(20)30(18)25-17-21(28(3,4)5)16-23(19(25)2)27-22-11-7-9-13-26(22)31-29-27/h6-17H,1-5H3/q+1. The third-order valence-electron chi connectivity index (χ3n) is 6.15. The van der Waals surface area contributed by atoms with Gasteiger partial charge in [-0.15, -0.1) is 0 Å². The molecule has 0 spiro atoms. The van der Waals surface area contributed by atoms with E-state index in [0.29, 0.717) is 0 Å². The van der Waals surface area contributed by atoms with E-state index in [1.165, 1.54) is 33.4 Å². The van der Waals surface area contributed by atoms with Crippen LogP contribution < -0.4 is 4.57 Å². The number of aryl methyl sites for hydroxylation is 1. The van der Waals surface area contributed by atoms with Gasteiger partial charge in [0.2, 0.25) is 11.2 Å².